The first-order valence-corrected chi connectivity index (χ1v) is 8.24. The van der Waals surface area contributed by atoms with Gasteiger partial charge in [0.25, 0.3) is 0 Å². The van der Waals surface area contributed by atoms with Gasteiger partial charge in [-0.2, -0.15) is 0 Å². The van der Waals surface area contributed by atoms with Crippen LogP contribution in [0.4, 0.5) is 5.69 Å². The second-order valence-electron chi connectivity index (χ2n) is 5.90. The van der Waals surface area contributed by atoms with Gasteiger partial charge in [0.2, 0.25) is 0 Å². The Balaban J connectivity index is 1.96. The highest BCUT2D eigenvalue weighted by atomic mass is 16.5. The molecule has 1 N–H and O–H groups in total. The molecule has 0 amide bonds. The highest BCUT2D eigenvalue weighted by Crippen LogP contribution is 2.27. The third kappa shape index (κ3) is 3.89. The minimum Gasteiger partial charge on any atom is -0.497 e. The van der Waals surface area contributed by atoms with Crippen molar-refractivity contribution in [1.82, 2.24) is 0 Å². The van der Waals surface area contributed by atoms with Crippen molar-refractivity contribution in [2.24, 2.45) is 0 Å². The van der Waals surface area contributed by atoms with Crippen molar-refractivity contribution in [2.75, 3.05) is 12.4 Å². The SMILES string of the molecule is COc1ccc(NC(C(=O)c2ccccc2)c2ccccc2)c(C)c1. The van der Waals surface area contributed by atoms with Gasteiger partial charge in [-0.3, -0.25) is 4.79 Å². The van der Waals surface area contributed by atoms with Crippen molar-refractivity contribution in [3.05, 3.63) is 95.6 Å². The molecule has 3 rings (SSSR count). The fourth-order valence-electron chi connectivity index (χ4n) is 2.80. The molecule has 0 spiro atoms. The topological polar surface area (TPSA) is 38.3 Å². The van der Waals surface area contributed by atoms with E-state index in [-0.39, 0.29) is 5.78 Å². The van der Waals surface area contributed by atoms with E-state index in [1.807, 2.05) is 85.8 Å². The number of ketones is 1. The number of hydrogen-bond acceptors (Lipinski definition) is 3. The van der Waals surface area contributed by atoms with Gasteiger partial charge >= 0.3 is 0 Å². The molecule has 126 valence electrons. The zero-order valence-corrected chi connectivity index (χ0v) is 14.4. The first-order valence-electron chi connectivity index (χ1n) is 8.24. The van der Waals surface area contributed by atoms with Gasteiger partial charge in [-0.15, -0.1) is 0 Å². The molecule has 0 heterocycles. The van der Waals surface area contributed by atoms with E-state index in [9.17, 15) is 4.79 Å². The predicted molar refractivity (Wildman–Crippen MR) is 101 cm³/mol. The molecule has 3 aromatic carbocycles. The number of anilines is 1. The van der Waals surface area contributed by atoms with Crippen LogP contribution in [0.1, 0.15) is 27.5 Å². The van der Waals surface area contributed by atoms with E-state index in [0.29, 0.717) is 5.56 Å². The normalized spacial score (nSPS) is 11.6. The van der Waals surface area contributed by atoms with Crippen LogP contribution in [0.2, 0.25) is 0 Å². The molecule has 0 fully saturated rings. The van der Waals surface area contributed by atoms with E-state index < -0.39 is 6.04 Å². The summed E-state index contributed by atoms with van der Waals surface area (Å²) in [5.74, 6) is 0.843. The van der Waals surface area contributed by atoms with Gasteiger partial charge in [0.1, 0.15) is 11.8 Å². The molecule has 0 saturated carbocycles. The zero-order valence-electron chi connectivity index (χ0n) is 14.4. The summed E-state index contributed by atoms with van der Waals surface area (Å²) in [5.41, 5.74) is 3.57. The summed E-state index contributed by atoms with van der Waals surface area (Å²) in [6.07, 6.45) is 0. The molecule has 0 aliphatic heterocycles. The summed E-state index contributed by atoms with van der Waals surface area (Å²) < 4.78 is 5.26. The number of carbonyl (C=O) groups excluding carboxylic acids is 1. The Bertz CT molecular complexity index is 844. The van der Waals surface area contributed by atoms with E-state index >= 15 is 0 Å². The quantitative estimate of drug-likeness (QED) is 0.643. The van der Waals surface area contributed by atoms with Crippen LogP contribution in [0, 0.1) is 6.92 Å². The molecule has 3 aromatic rings. The third-order valence-corrected chi connectivity index (χ3v) is 4.19. The van der Waals surface area contributed by atoms with Crippen LogP contribution in [-0.4, -0.2) is 12.9 Å². The van der Waals surface area contributed by atoms with E-state index in [4.69, 9.17) is 4.74 Å². The van der Waals surface area contributed by atoms with Crippen LogP contribution >= 0.6 is 0 Å². The van der Waals surface area contributed by atoms with E-state index in [1.165, 1.54) is 0 Å². The maximum atomic E-state index is 13.1. The van der Waals surface area contributed by atoms with Gasteiger partial charge in [0.05, 0.1) is 7.11 Å². The van der Waals surface area contributed by atoms with Crippen molar-refractivity contribution in [1.29, 1.82) is 0 Å². The second-order valence-corrected chi connectivity index (χ2v) is 5.90. The van der Waals surface area contributed by atoms with Crippen molar-refractivity contribution >= 4 is 11.5 Å². The number of rotatable bonds is 6. The summed E-state index contributed by atoms with van der Waals surface area (Å²) in [7, 11) is 1.65. The predicted octanol–water partition coefficient (Wildman–Crippen LogP) is 5.04. The summed E-state index contributed by atoms with van der Waals surface area (Å²) in [5, 5.41) is 3.41. The number of methoxy groups -OCH3 is 1. The Kier molecular flexibility index (Phi) is 5.14. The van der Waals surface area contributed by atoms with Gasteiger partial charge < -0.3 is 10.1 Å². The molecule has 0 aromatic heterocycles. The third-order valence-electron chi connectivity index (χ3n) is 4.19. The van der Waals surface area contributed by atoms with Gasteiger partial charge in [-0.1, -0.05) is 60.7 Å². The molecular formula is C22H21NO2. The molecule has 1 atom stereocenters. The minimum atomic E-state index is -0.448. The number of carbonyl (C=O) groups is 1. The molecule has 1 unspecified atom stereocenters. The van der Waals surface area contributed by atoms with Gasteiger partial charge in [-0.25, -0.2) is 0 Å². The molecule has 3 nitrogen and oxygen atoms in total. The Morgan fingerprint density at radius 3 is 2.16 bits per heavy atom. The lowest BCUT2D eigenvalue weighted by molar-refractivity contribution is 0.0969. The largest absolute Gasteiger partial charge is 0.497 e. The Morgan fingerprint density at radius 2 is 1.56 bits per heavy atom. The highest BCUT2D eigenvalue weighted by molar-refractivity contribution is 6.02. The summed E-state index contributed by atoms with van der Waals surface area (Å²) in [6, 6.07) is 24.5. The van der Waals surface area contributed by atoms with E-state index in [2.05, 4.69) is 5.32 Å². The first-order chi connectivity index (χ1) is 12.2. The van der Waals surface area contributed by atoms with Gasteiger partial charge in [-0.05, 0) is 36.2 Å². The molecule has 0 aliphatic rings. The standard InChI is InChI=1S/C22H21NO2/c1-16-15-19(25-2)13-14-20(16)23-21(17-9-5-3-6-10-17)22(24)18-11-7-4-8-12-18/h3-15,21,23H,1-2H3. The maximum Gasteiger partial charge on any atom is 0.189 e. The first kappa shape index (κ1) is 16.8. The smallest absolute Gasteiger partial charge is 0.189 e. The summed E-state index contributed by atoms with van der Waals surface area (Å²) in [4.78, 5) is 13.1. The lowest BCUT2D eigenvalue weighted by Gasteiger charge is -2.21. The van der Waals surface area contributed by atoms with Crippen LogP contribution in [-0.2, 0) is 0 Å². The van der Waals surface area contributed by atoms with Crippen molar-refractivity contribution in [3.8, 4) is 5.75 Å². The maximum absolute atomic E-state index is 13.1. The Labute approximate surface area is 148 Å². The highest BCUT2D eigenvalue weighted by Gasteiger charge is 2.22. The van der Waals surface area contributed by atoms with E-state index in [0.717, 1.165) is 22.6 Å². The number of hydrogen-bond donors (Lipinski definition) is 1. The molecule has 25 heavy (non-hydrogen) atoms. The van der Waals surface area contributed by atoms with Crippen LogP contribution in [0.3, 0.4) is 0 Å². The molecule has 0 saturated heterocycles. The fourth-order valence-corrected chi connectivity index (χ4v) is 2.80. The van der Waals surface area contributed by atoms with Crippen molar-refractivity contribution in [2.45, 2.75) is 13.0 Å². The van der Waals surface area contributed by atoms with Crippen LogP contribution in [0.25, 0.3) is 0 Å². The molecule has 3 heteroatoms. The average Bonchev–Trinajstić information content (AvgIpc) is 2.68. The average molecular weight is 331 g/mol. The van der Waals surface area contributed by atoms with Gasteiger partial charge in [0.15, 0.2) is 5.78 Å². The molecular weight excluding hydrogens is 310 g/mol. The number of aryl methyl sites for hydroxylation is 1. The molecule has 0 radical (unpaired) electrons. The summed E-state index contributed by atoms with van der Waals surface area (Å²) in [6.45, 7) is 2.00. The van der Waals surface area contributed by atoms with Crippen molar-refractivity contribution < 1.29 is 9.53 Å². The van der Waals surface area contributed by atoms with Gasteiger partial charge in [0, 0.05) is 11.3 Å². The van der Waals surface area contributed by atoms with Crippen LogP contribution < -0.4 is 10.1 Å². The van der Waals surface area contributed by atoms with Crippen molar-refractivity contribution in [3.63, 3.8) is 0 Å². The van der Waals surface area contributed by atoms with Crippen LogP contribution in [0.5, 0.6) is 5.75 Å². The lowest BCUT2D eigenvalue weighted by Crippen LogP contribution is -2.21. The minimum absolute atomic E-state index is 0.0435. The Morgan fingerprint density at radius 1 is 0.920 bits per heavy atom. The second kappa shape index (κ2) is 7.67. The number of nitrogens with one attached hydrogen (secondary N) is 1. The van der Waals surface area contributed by atoms with Crippen LogP contribution in [0.15, 0.2) is 78.9 Å². The number of Topliss-reactive ketones (excluding diaryl/α,β-unsaturated/α-hetero) is 1. The zero-order chi connectivity index (χ0) is 17.6. The summed E-state index contributed by atoms with van der Waals surface area (Å²) >= 11 is 0. The Hall–Kier alpha value is -3.07. The lowest BCUT2D eigenvalue weighted by atomic mass is 9.96. The monoisotopic (exact) mass is 331 g/mol. The molecule has 0 aliphatic carbocycles. The van der Waals surface area contributed by atoms with E-state index in [1.54, 1.807) is 7.11 Å². The fraction of sp³-hybridized carbons (Fsp3) is 0.136. The molecule has 0 bridgehead atoms. The number of ether oxygens (including phenoxy) is 1. The number of benzene rings is 3.